The number of aromatic carboxylic acids is 1. The van der Waals surface area contributed by atoms with Gasteiger partial charge in [0.2, 0.25) is 5.69 Å². The molecule has 2 aromatic heterocycles. The molecule has 0 bridgehead atoms. The molecule has 7 heteroatoms. The zero-order valence-electron chi connectivity index (χ0n) is 12.5. The van der Waals surface area contributed by atoms with E-state index in [1.165, 1.54) is 10.9 Å². The summed E-state index contributed by atoms with van der Waals surface area (Å²) in [4.78, 5) is 11.4. The van der Waals surface area contributed by atoms with Gasteiger partial charge < -0.3 is 14.3 Å². The number of hydrogen-bond donors (Lipinski definition) is 1. The van der Waals surface area contributed by atoms with E-state index in [4.69, 9.17) is 9.15 Å². The minimum atomic E-state index is -1.17. The second kappa shape index (κ2) is 6.35. The van der Waals surface area contributed by atoms with Gasteiger partial charge in [0, 0.05) is 0 Å². The summed E-state index contributed by atoms with van der Waals surface area (Å²) in [6.07, 6.45) is 2.33. The maximum atomic E-state index is 11.4. The highest BCUT2D eigenvalue weighted by Crippen LogP contribution is 2.30. The third-order valence-electron chi connectivity index (χ3n) is 3.18. The molecule has 0 fully saturated rings. The number of carbonyl (C=O) groups is 1. The van der Waals surface area contributed by atoms with Crippen LogP contribution in [0.5, 0.6) is 5.75 Å². The first kappa shape index (κ1) is 14.8. The highest BCUT2D eigenvalue weighted by atomic mass is 16.5. The van der Waals surface area contributed by atoms with Gasteiger partial charge in [-0.3, -0.25) is 0 Å². The van der Waals surface area contributed by atoms with E-state index in [1.807, 2.05) is 19.1 Å². The molecule has 1 aromatic carbocycles. The van der Waals surface area contributed by atoms with Crippen molar-refractivity contribution in [2.24, 2.45) is 0 Å². The van der Waals surface area contributed by atoms with Crippen LogP contribution < -0.4 is 4.74 Å². The highest BCUT2D eigenvalue weighted by molar-refractivity contribution is 5.92. The molecule has 0 saturated carbocycles. The third-order valence-corrected chi connectivity index (χ3v) is 3.18. The van der Waals surface area contributed by atoms with Crippen LogP contribution in [0, 0.1) is 0 Å². The van der Waals surface area contributed by atoms with Crippen molar-refractivity contribution >= 4 is 5.97 Å². The molecule has 3 rings (SSSR count). The first-order chi connectivity index (χ1) is 11.2. The fourth-order valence-electron chi connectivity index (χ4n) is 2.20. The average Bonchev–Trinajstić information content (AvgIpc) is 3.21. The lowest BCUT2D eigenvalue weighted by Gasteiger charge is -2.11. The summed E-state index contributed by atoms with van der Waals surface area (Å²) in [5.74, 6) is -0.198. The van der Waals surface area contributed by atoms with Crippen molar-refractivity contribution in [3.05, 3.63) is 48.4 Å². The van der Waals surface area contributed by atoms with E-state index in [0.717, 1.165) is 6.42 Å². The van der Waals surface area contributed by atoms with Crippen LogP contribution in [0.2, 0.25) is 0 Å². The number of carboxylic acids is 1. The van der Waals surface area contributed by atoms with Crippen LogP contribution in [0.4, 0.5) is 0 Å². The zero-order chi connectivity index (χ0) is 16.2. The largest absolute Gasteiger partial charge is 0.491 e. The topological polar surface area (TPSA) is 90.4 Å². The minimum Gasteiger partial charge on any atom is -0.491 e. The first-order valence-corrected chi connectivity index (χ1v) is 7.17. The SMILES string of the molecule is CCCOc1ccccc1-n1nnc(C(=O)O)c1-c1ccco1. The summed E-state index contributed by atoms with van der Waals surface area (Å²) < 4.78 is 12.5. The fraction of sp³-hybridized carbons (Fsp3) is 0.188. The lowest BCUT2D eigenvalue weighted by atomic mass is 10.2. The molecule has 0 aliphatic rings. The van der Waals surface area contributed by atoms with E-state index in [9.17, 15) is 9.90 Å². The molecular formula is C16H15N3O4. The second-order valence-electron chi connectivity index (χ2n) is 4.80. The summed E-state index contributed by atoms with van der Waals surface area (Å²) >= 11 is 0. The van der Waals surface area contributed by atoms with Gasteiger partial charge in [0.15, 0.2) is 5.76 Å². The molecule has 0 radical (unpaired) electrons. The lowest BCUT2D eigenvalue weighted by molar-refractivity contribution is 0.0691. The zero-order valence-corrected chi connectivity index (χ0v) is 12.5. The Morgan fingerprint density at radius 2 is 2.13 bits per heavy atom. The maximum Gasteiger partial charge on any atom is 0.358 e. The third kappa shape index (κ3) is 2.80. The van der Waals surface area contributed by atoms with E-state index in [-0.39, 0.29) is 11.4 Å². The van der Waals surface area contributed by atoms with Gasteiger partial charge in [0.25, 0.3) is 0 Å². The van der Waals surface area contributed by atoms with Crippen molar-refractivity contribution in [1.29, 1.82) is 0 Å². The van der Waals surface area contributed by atoms with Crippen molar-refractivity contribution in [2.45, 2.75) is 13.3 Å². The fourth-order valence-corrected chi connectivity index (χ4v) is 2.20. The van der Waals surface area contributed by atoms with Gasteiger partial charge in [-0.25, -0.2) is 9.48 Å². The maximum absolute atomic E-state index is 11.4. The molecule has 0 saturated heterocycles. The Labute approximate surface area is 132 Å². The van der Waals surface area contributed by atoms with Gasteiger partial charge in [-0.2, -0.15) is 0 Å². The minimum absolute atomic E-state index is 0.176. The van der Waals surface area contributed by atoms with E-state index in [1.54, 1.807) is 24.3 Å². The van der Waals surface area contributed by atoms with Crippen LogP contribution in [0.25, 0.3) is 17.1 Å². The Bertz CT molecular complexity index is 809. The number of ether oxygens (including phenoxy) is 1. The Balaban J connectivity index is 2.16. The highest BCUT2D eigenvalue weighted by Gasteiger charge is 2.24. The Morgan fingerprint density at radius 1 is 1.30 bits per heavy atom. The van der Waals surface area contributed by atoms with Gasteiger partial charge in [-0.15, -0.1) is 5.10 Å². The molecule has 0 aliphatic heterocycles. The molecular weight excluding hydrogens is 298 g/mol. The van der Waals surface area contributed by atoms with E-state index < -0.39 is 5.97 Å². The van der Waals surface area contributed by atoms with Gasteiger partial charge in [-0.1, -0.05) is 24.3 Å². The summed E-state index contributed by atoms with van der Waals surface area (Å²) in [6.45, 7) is 2.56. The first-order valence-electron chi connectivity index (χ1n) is 7.17. The summed E-state index contributed by atoms with van der Waals surface area (Å²) in [5, 5.41) is 17.1. The number of aromatic nitrogens is 3. The number of rotatable bonds is 6. The van der Waals surface area contributed by atoms with Crippen molar-refractivity contribution in [3.63, 3.8) is 0 Å². The smallest absolute Gasteiger partial charge is 0.358 e. The normalized spacial score (nSPS) is 10.7. The predicted octanol–water partition coefficient (Wildman–Crippen LogP) is 3.01. The van der Waals surface area contributed by atoms with Crippen LogP contribution in [-0.4, -0.2) is 32.7 Å². The van der Waals surface area contributed by atoms with Crippen molar-refractivity contribution in [3.8, 4) is 22.9 Å². The van der Waals surface area contributed by atoms with Crippen molar-refractivity contribution in [2.75, 3.05) is 6.61 Å². The molecule has 118 valence electrons. The Kier molecular flexibility index (Phi) is 4.09. The summed E-state index contributed by atoms with van der Waals surface area (Å²) in [5.41, 5.74) is 0.702. The number of furan rings is 1. The average molecular weight is 313 g/mol. The molecule has 2 heterocycles. The Hall–Kier alpha value is -3.09. The molecule has 0 unspecified atom stereocenters. The predicted molar refractivity (Wildman–Crippen MR) is 81.8 cm³/mol. The van der Waals surface area contributed by atoms with Crippen molar-refractivity contribution in [1.82, 2.24) is 15.0 Å². The van der Waals surface area contributed by atoms with Crippen LogP contribution in [0.3, 0.4) is 0 Å². The molecule has 0 amide bonds. The number of carboxylic acid groups (broad SMARTS) is 1. The second-order valence-corrected chi connectivity index (χ2v) is 4.80. The number of para-hydroxylation sites is 2. The number of nitrogens with zero attached hydrogens (tertiary/aromatic N) is 3. The lowest BCUT2D eigenvalue weighted by Crippen LogP contribution is -2.05. The molecule has 0 spiro atoms. The van der Waals surface area contributed by atoms with Gasteiger partial charge in [-0.05, 0) is 30.7 Å². The monoisotopic (exact) mass is 313 g/mol. The number of hydrogen-bond acceptors (Lipinski definition) is 5. The van der Waals surface area contributed by atoms with E-state index in [2.05, 4.69) is 10.3 Å². The number of benzene rings is 1. The molecule has 0 aliphatic carbocycles. The Morgan fingerprint density at radius 3 is 2.83 bits per heavy atom. The van der Waals surface area contributed by atoms with Crippen LogP contribution in [0.1, 0.15) is 23.8 Å². The van der Waals surface area contributed by atoms with Gasteiger partial charge >= 0.3 is 5.97 Å². The molecule has 7 nitrogen and oxygen atoms in total. The molecule has 1 N–H and O–H groups in total. The van der Waals surface area contributed by atoms with Crippen LogP contribution in [0.15, 0.2) is 47.1 Å². The quantitative estimate of drug-likeness (QED) is 0.752. The summed E-state index contributed by atoms with van der Waals surface area (Å²) in [7, 11) is 0. The molecule has 23 heavy (non-hydrogen) atoms. The van der Waals surface area contributed by atoms with Crippen LogP contribution >= 0.6 is 0 Å². The van der Waals surface area contributed by atoms with Crippen LogP contribution in [-0.2, 0) is 0 Å². The standard InChI is InChI=1S/C16H15N3O4/c1-2-9-22-12-7-4-3-6-11(12)19-15(13-8-5-10-23-13)14(16(20)21)17-18-19/h3-8,10H,2,9H2,1H3,(H,20,21). The van der Waals surface area contributed by atoms with E-state index >= 15 is 0 Å². The molecule has 3 aromatic rings. The summed E-state index contributed by atoms with van der Waals surface area (Å²) in [6, 6.07) is 10.6. The van der Waals surface area contributed by atoms with E-state index in [0.29, 0.717) is 23.8 Å². The van der Waals surface area contributed by atoms with Gasteiger partial charge in [0.05, 0.1) is 12.9 Å². The molecule has 0 atom stereocenters. The van der Waals surface area contributed by atoms with Gasteiger partial charge in [0.1, 0.15) is 17.1 Å². The van der Waals surface area contributed by atoms with Crippen molar-refractivity contribution < 1.29 is 19.1 Å².